The van der Waals surface area contributed by atoms with Gasteiger partial charge >= 0.3 is 0 Å². The van der Waals surface area contributed by atoms with E-state index in [1.54, 1.807) is 0 Å². The van der Waals surface area contributed by atoms with Crippen molar-refractivity contribution in [2.75, 3.05) is 0 Å². The van der Waals surface area contributed by atoms with Crippen LogP contribution in [0.5, 0.6) is 0 Å². The van der Waals surface area contributed by atoms with E-state index in [-0.39, 0.29) is 16.7 Å². The molecular weight excluding hydrogens is 184 g/mol. The molecule has 0 aromatic rings. The summed E-state index contributed by atoms with van der Waals surface area (Å²) in [5, 5.41) is 0. The minimum absolute atomic E-state index is 0.189. The fraction of sp³-hybridized carbons (Fsp3) is 0.929. The van der Waals surface area contributed by atoms with Crippen molar-refractivity contribution in [1.82, 2.24) is 0 Å². The highest BCUT2D eigenvalue weighted by molar-refractivity contribution is 5.85. The minimum Gasteiger partial charge on any atom is -0.299 e. The first-order chi connectivity index (χ1) is 6.58. The molecule has 0 rings (SSSR count). The number of rotatable bonds is 4. The average Bonchev–Trinajstić information content (AvgIpc) is 1.98. The minimum atomic E-state index is -0.189. The first kappa shape index (κ1) is 14.7. The number of carbonyl (C=O) groups excluding carboxylic acids is 1. The Labute approximate surface area is 95.6 Å². The number of carbonyl (C=O) groups is 1. The molecule has 15 heavy (non-hydrogen) atoms. The van der Waals surface area contributed by atoms with Gasteiger partial charge in [-0.25, -0.2) is 0 Å². The zero-order chi connectivity index (χ0) is 12.3. The van der Waals surface area contributed by atoms with Crippen LogP contribution in [0.2, 0.25) is 0 Å². The summed E-state index contributed by atoms with van der Waals surface area (Å²) in [6.45, 7) is 14.9. The Bertz CT molecular complexity index is 202. The van der Waals surface area contributed by atoms with E-state index in [0.717, 1.165) is 19.3 Å². The van der Waals surface area contributed by atoms with Crippen molar-refractivity contribution < 1.29 is 4.79 Å². The lowest BCUT2D eigenvalue weighted by atomic mass is 9.74. The Hall–Kier alpha value is -0.330. The van der Waals surface area contributed by atoms with Gasteiger partial charge in [0.2, 0.25) is 0 Å². The Morgan fingerprint density at radius 3 is 1.80 bits per heavy atom. The molecule has 90 valence electrons. The molecule has 0 spiro atoms. The Balaban J connectivity index is 4.60. The molecule has 0 amide bonds. The molecule has 0 N–H and O–H groups in total. The largest absolute Gasteiger partial charge is 0.299 e. The van der Waals surface area contributed by atoms with Crippen LogP contribution in [0, 0.1) is 16.7 Å². The third-order valence-electron chi connectivity index (χ3n) is 2.61. The molecule has 1 heteroatoms. The molecule has 0 aliphatic rings. The molecule has 0 saturated carbocycles. The van der Waals surface area contributed by atoms with Crippen molar-refractivity contribution in [3.05, 3.63) is 0 Å². The number of ketones is 1. The second kappa shape index (κ2) is 5.14. The molecule has 0 radical (unpaired) electrons. The molecular formula is C14H28O. The average molecular weight is 212 g/mol. The molecule has 0 heterocycles. The maximum Gasteiger partial charge on any atom is 0.141 e. The van der Waals surface area contributed by atoms with Crippen LogP contribution in [0.15, 0.2) is 0 Å². The third-order valence-corrected chi connectivity index (χ3v) is 2.61. The number of hydrogen-bond donors (Lipinski definition) is 0. The topological polar surface area (TPSA) is 17.1 Å². The van der Waals surface area contributed by atoms with Crippen molar-refractivity contribution >= 4 is 5.78 Å². The summed E-state index contributed by atoms with van der Waals surface area (Å²) in [4.78, 5) is 12.2. The summed E-state index contributed by atoms with van der Waals surface area (Å²) >= 11 is 0. The van der Waals surface area contributed by atoms with E-state index < -0.39 is 0 Å². The molecule has 0 fully saturated rings. The van der Waals surface area contributed by atoms with Gasteiger partial charge in [-0.2, -0.15) is 0 Å². The summed E-state index contributed by atoms with van der Waals surface area (Å²) in [7, 11) is 0. The van der Waals surface area contributed by atoms with E-state index in [9.17, 15) is 4.79 Å². The smallest absolute Gasteiger partial charge is 0.141 e. The molecule has 0 aliphatic carbocycles. The van der Waals surface area contributed by atoms with Gasteiger partial charge in [0.25, 0.3) is 0 Å². The van der Waals surface area contributed by atoms with Gasteiger partial charge in [0, 0.05) is 11.3 Å². The molecule has 0 aliphatic heterocycles. The fourth-order valence-electron chi connectivity index (χ4n) is 2.03. The molecule has 0 bridgehead atoms. The summed E-state index contributed by atoms with van der Waals surface area (Å²) in [6.07, 6.45) is 3.15. The predicted molar refractivity (Wildman–Crippen MR) is 66.9 cm³/mol. The summed E-state index contributed by atoms with van der Waals surface area (Å²) < 4.78 is 0. The standard InChI is InChI=1S/C14H28O/c1-8-9-11(10-13(2,3)4)12(15)14(5,6)7/h11H,8-10H2,1-7H3/t11-/m1/s1. The molecule has 0 aromatic heterocycles. The Morgan fingerprint density at radius 2 is 1.53 bits per heavy atom. The van der Waals surface area contributed by atoms with E-state index in [4.69, 9.17) is 0 Å². The Morgan fingerprint density at radius 1 is 1.07 bits per heavy atom. The monoisotopic (exact) mass is 212 g/mol. The highest BCUT2D eigenvalue weighted by Gasteiger charge is 2.31. The molecule has 0 saturated heterocycles. The Kier molecular flexibility index (Phi) is 5.02. The van der Waals surface area contributed by atoms with Gasteiger partial charge in [0.05, 0.1) is 0 Å². The van der Waals surface area contributed by atoms with Crippen molar-refractivity contribution in [1.29, 1.82) is 0 Å². The number of hydrogen-bond acceptors (Lipinski definition) is 1. The normalized spacial score (nSPS) is 15.1. The summed E-state index contributed by atoms with van der Waals surface area (Å²) in [5.41, 5.74) is 0.0613. The quantitative estimate of drug-likeness (QED) is 0.672. The summed E-state index contributed by atoms with van der Waals surface area (Å²) in [6, 6.07) is 0. The summed E-state index contributed by atoms with van der Waals surface area (Å²) in [5.74, 6) is 0.675. The fourth-order valence-corrected chi connectivity index (χ4v) is 2.03. The van der Waals surface area contributed by atoms with Crippen molar-refractivity contribution in [2.24, 2.45) is 16.7 Å². The maximum atomic E-state index is 12.2. The van der Waals surface area contributed by atoms with Crippen LogP contribution in [0.4, 0.5) is 0 Å². The maximum absolute atomic E-state index is 12.2. The highest BCUT2D eigenvalue weighted by atomic mass is 16.1. The first-order valence-electron chi connectivity index (χ1n) is 6.12. The van der Waals surface area contributed by atoms with Gasteiger partial charge in [-0.1, -0.05) is 54.9 Å². The van der Waals surface area contributed by atoms with Crippen molar-refractivity contribution in [3.63, 3.8) is 0 Å². The second-order valence-corrected chi connectivity index (χ2v) is 6.86. The SMILES string of the molecule is CCC[C@H](CC(C)(C)C)C(=O)C(C)(C)C. The molecule has 1 atom stereocenters. The van der Waals surface area contributed by atoms with Crippen LogP contribution >= 0.6 is 0 Å². The van der Waals surface area contributed by atoms with Gasteiger partial charge in [-0.3, -0.25) is 4.79 Å². The van der Waals surface area contributed by atoms with Crippen LogP contribution in [0.1, 0.15) is 67.7 Å². The van der Waals surface area contributed by atoms with Crippen LogP contribution < -0.4 is 0 Å². The van der Waals surface area contributed by atoms with Gasteiger partial charge in [0.1, 0.15) is 5.78 Å². The van der Waals surface area contributed by atoms with Crippen molar-refractivity contribution in [2.45, 2.75) is 67.7 Å². The lowest BCUT2D eigenvalue weighted by Crippen LogP contribution is -2.31. The highest BCUT2D eigenvalue weighted by Crippen LogP contribution is 2.32. The first-order valence-corrected chi connectivity index (χ1v) is 6.12. The van der Waals surface area contributed by atoms with Gasteiger partial charge in [0.15, 0.2) is 0 Å². The predicted octanol–water partition coefficient (Wildman–Crippen LogP) is 4.45. The van der Waals surface area contributed by atoms with E-state index in [0.29, 0.717) is 5.78 Å². The van der Waals surface area contributed by atoms with Gasteiger partial charge in [-0.05, 0) is 18.3 Å². The van der Waals surface area contributed by atoms with Crippen LogP contribution in [0.25, 0.3) is 0 Å². The molecule has 0 unspecified atom stereocenters. The zero-order valence-corrected chi connectivity index (χ0v) is 11.6. The van der Waals surface area contributed by atoms with Gasteiger partial charge in [-0.15, -0.1) is 0 Å². The number of Topliss-reactive ketones (excluding diaryl/α,β-unsaturated/α-hetero) is 1. The lowest BCUT2D eigenvalue weighted by molar-refractivity contribution is -0.131. The molecule has 0 aromatic carbocycles. The molecule has 1 nitrogen and oxygen atoms in total. The van der Waals surface area contributed by atoms with Crippen LogP contribution in [-0.4, -0.2) is 5.78 Å². The van der Waals surface area contributed by atoms with Crippen LogP contribution in [-0.2, 0) is 4.79 Å². The second-order valence-electron chi connectivity index (χ2n) is 6.86. The van der Waals surface area contributed by atoms with Crippen molar-refractivity contribution in [3.8, 4) is 0 Å². The van der Waals surface area contributed by atoms with Crippen LogP contribution in [0.3, 0.4) is 0 Å². The van der Waals surface area contributed by atoms with E-state index in [1.807, 2.05) is 20.8 Å². The zero-order valence-electron chi connectivity index (χ0n) is 11.6. The lowest BCUT2D eigenvalue weighted by Gasteiger charge is -2.29. The van der Waals surface area contributed by atoms with E-state index >= 15 is 0 Å². The van der Waals surface area contributed by atoms with E-state index in [2.05, 4.69) is 27.7 Å². The van der Waals surface area contributed by atoms with E-state index in [1.165, 1.54) is 0 Å². The third kappa shape index (κ3) is 5.96. The van der Waals surface area contributed by atoms with Gasteiger partial charge < -0.3 is 0 Å².